The van der Waals surface area contributed by atoms with E-state index in [0.29, 0.717) is 12.0 Å². The number of hydrogen-bond donors (Lipinski definition) is 1. The number of rotatable bonds is 5. The normalized spacial score (nSPS) is 13.3. The topological polar surface area (TPSA) is 63.2 Å². The van der Waals surface area contributed by atoms with Crippen molar-refractivity contribution in [3.05, 3.63) is 65.2 Å². The molecule has 0 saturated carbocycles. The lowest BCUT2D eigenvalue weighted by molar-refractivity contribution is 0.0935. The minimum Gasteiger partial charge on any atom is -0.345 e. The third kappa shape index (κ3) is 4.94. The summed E-state index contributed by atoms with van der Waals surface area (Å²) in [5.74, 6) is -0.135. The van der Waals surface area contributed by atoms with E-state index in [1.165, 1.54) is 11.8 Å². The molecule has 0 fully saturated rings. The standard InChI is InChI=1S/C21H27NO3S/c1-6-19(15-9-13-18(14-10-15)26(5,24)25)22-20(23)16-7-11-17(12-8-16)21(2,3)4/h7-14,19H,6H2,1-5H3,(H,22,23)/t19-/m1/s1. The average molecular weight is 374 g/mol. The molecule has 2 aromatic carbocycles. The van der Waals surface area contributed by atoms with Crippen LogP contribution in [0.4, 0.5) is 0 Å². The number of amides is 1. The molecular weight excluding hydrogens is 346 g/mol. The lowest BCUT2D eigenvalue weighted by atomic mass is 9.86. The van der Waals surface area contributed by atoms with Crippen molar-refractivity contribution < 1.29 is 13.2 Å². The SMILES string of the molecule is CC[C@@H](NC(=O)c1ccc(C(C)(C)C)cc1)c1ccc(S(C)(=O)=O)cc1. The van der Waals surface area contributed by atoms with E-state index < -0.39 is 9.84 Å². The van der Waals surface area contributed by atoms with Crippen molar-refractivity contribution in [3.63, 3.8) is 0 Å². The van der Waals surface area contributed by atoms with Gasteiger partial charge in [0.25, 0.3) is 5.91 Å². The Morgan fingerprint density at radius 3 is 1.96 bits per heavy atom. The van der Waals surface area contributed by atoms with Gasteiger partial charge in [-0.25, -0.2) is 8.42 Å². The first-order valence-corrected chi connectivity index (χ1v) is 10.6. The van der Waals surface area contributed by atoms with Crippen molar-refractivity contribution in [1.82, 2.24) is 5.32 Å². The van der Waals surface area contributed by atoms with Crippen molar-refractivity contribution in [2.24, 2.45) is 0 Å². The first kappa shape index (κ1) is 20.2. The van der Waals surface area contributed by atoms with E-state index in [4.69, 9.17) is 0 Å². The quantitative estimate of drug-likeness (QED) is 0.851. The first-order valence-electron chi connectivity index (χ1n) is 8.74. The molecule has 0 aliphatic heterocycles. The number of benzene rings is 2. The van der Waals surface area contributed by atoms with Crippen molar-refractivity contribution in [2.75, 3.05) is 6.26 Å². The predicted molar refractivity (Wildman–Crippen MR) is 105 cm³/mol. The fourth-order valence-electron chi connectivity index (χ4n) is 2.73. The summed E-state index contributed by atoms with van der Waals surface area (Å²) in [6.07, 6.45) is 1.90. The third-order valence-corrected chi connectivity index (χ3v) is 5.57. The van der Waals surface area contributed by atoms with Crippen LogP contribution in [0.5, 0.6) is 0 Å². The minimum absolute atomic E-state index is 0.0440. The molecule has 1 N–H and O–H groups in total. The second kappa shape index (κ2) is 7.62. The Kier molecular flexibility index (Phi) is 5.91. The minimum atomic E-state index is -3.22. The monoisotopic (exact) mass is 373 g/mol. The summed E-state index contributed by atoms with van der Waals surface area (Å²) in [6, 6.07) is 14.2. The lowest BCUT2D eigenvalue weighted by Gasteiger charge is -2.20. The van der Waals surface area contributed by atoms with Crippen LogP contribution in [0.3, 0.4) is 0 Å². The fourth-order valence-corrected chi connectivity index (χ4v) is 3.36. The van der Waals surface area contributed by atoms with Crippen LogP contribution in [0.15, 0.2) is 53.4 Å². The van der Waals surface area contributed by atoms with Gasteiger partial charge in [-0.2, -0.15) is 0 Å². The number of carbonyl (C=O) groups is 1. The van der Waals surface area contributed by atoms with E-state index in [1.807, 2.05) is 31.2 Å². The summed E-state index contributed by atoms with van der Waals surface area (Å²) in [4.78, 5) is 12.8. The number of sulfone groups is 1. The van der Waals surface area contributed by atoms with Gasteiger partial charge in [-0.3, -0.25) is 4.79 Å². The molecule has 0 unspecified atom stereocenters. The fraction of sp³-hybridized carbons (Fsp3) is 0.381. The molecule has 5 heteroatoms. The second-order valence-corrected chi connectivity index (χ2v) is 9.62. The maximum absolute atomic E-state index is 12.6. The second-order valence-electron chi connectivity index (χ2n) is 7.60. The Balaban J connectivity index is 2.15. The smallest absolute Gasteiger partial charge is 0.251 e. The molecule has 4 nitrogen and oxygen atoms in total. The number of nitrogens with one attached hydrogen (secondary N) is 1. The van der Waals surface area contributed by atoms with Crippen LogP contribution in [0.1, 0.15) is 61.6 Å². The maximum Gasteiger partial charge on any atom is 0.251 e. The molecule has 0 radical (unpaired) electrons. The van der Waals surface area contributed by atoms with Crippen LogP contribution in [0.2, 0.25) is 0 Å². The molecule has 2 aromatic rings. The highest BCUT2D eigenvalue weighted by Gasteiger charge is 2.17. The number of hydrogen-bond acceptors (Lipinski definition) is 3. The van der Waals surface area contributed by atoms with Gasteiger partial charge in [0, 0.05) is 11.8 Å². The van der Waals surface area contributed by atoms with Crippen LogP contribution in [0.25, 0.3) is 0 Å². The van der Waals surface area contributed by atoms with Gasteiger partial charge >= 0.3 is 0 Å². The molecule has 0 aliphatic carbocycles. The van der Waals surface area contributed by atoms with Gasteiger partial charge < -0.3 is 5.32 Å². The average Bonchev–Trinajstić information content (AvgIpc) is 2.58. The molecule has 0 spiro atoms. The van der Waals surface area contributed by atoms with Gasteiger partial charge in [0.05, 0.1) is 10.9 Å². The highest BCUT2D eigenvalue weighted by atomic mass is 32.2. The summed E-state index contributed by atoms with van der Waals surface area (Å²) in [6.45, 7) is 8.39. The summed E-state index contributed by atoms with van der Waals surface area (Å²) in [5.41, 5.74) is 2.73. The van der Waals surface area contributed by atoms with Crippen LogP contribution >= 0.6 is 0 Å². The van der Waals surface area contributed by atoms with Crippen molar-refractivity contribution in [3.8, 4) is 0 Å². The van der Waals surface area contributed by atoms with Gasteiger partial charge in [0.2, 0.25) is 0 Å². The predicted octanol–water partition coefficient (Wildman–Crippen LogP) is 4.27. The molecule has 140 valence electrons. The third-order valence-electron chi connectivity index (χ3n) is 4.44. The van der Waals surface area contributed by atoms with E-state index in [1.54, 1.807) is 24.3 Å². The highest BCUT2D eigenvalue weighted by Crippen LogP contribution is 2.23. The van der Waals surface area contributed by atoms with Crippen LogP contribution in [-0.2, 0) is 15.3 Å². The molecular formula is C21H27NO3S. The summed E-state index contributed by atoms with van der Waals surface area (Å²) >= 11 is 0. The zero-order valence-electron chi connectivity index (χ0n) is 16.0. The largest absolute Gasteiger partial charge is 0.345 e. The maximum atomic E-state index is 12.6. The Bertz CT molecular complexity index is 861. The van der Waals surface area contributed by atoms with Gasteiger partial charge in [0.1, 0.15) is 0 Å². The Morgan fingerprint density at radius 1 is 1.00 bits per heavy atom. The van der Waals surface area contributed by atoms with Crippen molar-refractivity contribution in [2.45, 2.75) is 50.5 Å². The van der Waals surface area contributed by atoms with Gasteiger partial charge in [-0.15, -0.1) is 0 Å². The zero-order chi connectivity index (χ0) is 19.5. The van der Waals surface area contributed by atoms with Gasteiger partial charge in [-0.05, 0) is 47.2 Å². The van der Waals surface area contributed by atoms with Crippen LogP contribution < -0.4 is 5.32 Å². The van der Waals surface area contributed by atoms with E-state index in [2.05, 4.69) is 26.1 Å². The molecule has 0 aliphatic rings. The molecule has 0 bridgehead atoms. The lowest BCUT2D eigenvalue weighted by Crippen LogP contribution is -2.28. The van der Waals surface area contributed by atoms with Gasteiger partial charge in [-0.1, -0.05) is 52.0 Å². The molecule has 1 atom stereocenters. The highest BCUT2D eigenvalue weighted by molar-refractivity contribution is 7.90. The Hall–Kier alpha value is -2.14. The molecule has 2 rings (SSSR count). The molecule has 1 amide bonds. The first-order chi connectivity index (χ1) is 12.0. The van der Waals surface area contributed by atoms with E-state index in [0.717, 1.165) is 5.56 Å². The summed E-state index contributed by atoms with van der Waals surface area (Å²) < 4.78 is 23.1. The van der Waals surface area contributed by atoms with E-state index in [9.17, 15) is 13.2 Å². The molecule has 0 saturated heterocycles. The summed E-state index contributed by atoms with van der Waals surface area (Å²) in [5, 5.41) is 3.03. The van der Waals surface area contributed by atoms with E-state index >= 15 is 0 Å². The zero-order valence-corrected chi connectivity index (χ0v) is 16.9. The van der Waals surface area contributed by atoms with Crippen LogP contribution in [-0.4, -0.2) is 20.6 Å². The van der Waals surface area contributed by atoms with Crippen LogP contribution in [0, 0.1) is 0 Å². The summed E-state index contributed by atoms with van der Waals surface area (Å²) in [7, 11) is -3.22. The molecule has 26 heavy (non-hydrogen) atoms. The molecule has 0 heterocycles. The number of carbonyl (C=O) groups excluding carboxylic acids is 1. The molecule has 0 aromatic heterocycles. The Morgan fingerprint density at radius 2 is 1.54 bits per heavy atom. The van der Waals surface area contributed by atoms with Crippen molar-refractivity contribution >= 4 is 15.7 Å². The van der Waals surface area contributed by atoms with Gasteiger partial charge in [0.15, 0.2) is 9.84 Å². The van der Waals surface area contributed by atoms with Crippen molar-refractivity contribution in [1.29, 1.82) is 0 Å². The van der Waals surface area contributed by atoms with E-state index in [-0.39, 0.29) is 22.3 Å². The Labute approximate surface area is 156 Å².